The van der Waals surface area contributed by atoms with E-state index in [2.05, 4.69) is 9.97 Å². The Hall–Kier alpha value is -2.10. The molecule has 3 heterocycles. The summed E-state index contributed by atoms with van der Waals surface area (Å²) in [5.41, 5.74) is 1.85. The first kappa shape index (κ1) is 12.9. The first-order valence-electron chi connectivity index (χ1n) is 7.20. The first-order chi connectivity index (χ1) is 9.86. The van der Waals surface area contributed by atoms with Crippen LogP contribution in [0.2, 0.25) is 0 Å². The Labute approximate surface area is 118 Å². The smallest absolute Gasteiger partial charge is 0.270 e. The molecule has 1 atom stereocenters. The maximum Gasteiger partial charge on any atom is 0.270 e. The molecule has 1 unspecified atom stereocenters. The van der Waals surface area contributed by atoms with E-state index in [4.69, 9.17) is 0 Å². The molecule has 1 aliphatic rings. The van der Waals surface area contributed by atoms with Crippen LogP contribution in [0.3, 0.4) is 0 Å². The van der Waals surface area contributed by atoms with Crippen molar-refractivity contribution in [1.29, 1.82) is 0 Å². The zero-order chi connectivity index (χ0) is 13.8. The summed E-state index contributed by atoms with van der Waals surface area (Å²) in [7, 11) is 0. The van der Waals surface area contributed by atoms with Gasteiger partial charge >= 0.3 is 0 Å². The number of carbonyl (C=O) groups excluding carboxylic acids is 1. The van der Waals surface area contributed by atoms with Crippen molar-refractivity contribution in [2.24, 2.45) is 0 Å². The number of amides is 1. The fourth-order valence-electron chi connectivity index (χ4n) is 2.90. The minimum atomic E-state index is 0.0960. The van der Waals surface area contributed by atoms with Gasteiger partial charge in [0.15, 0.2) is 0 Å². The maximum atomic E-state index is 12.7. The molecule has 1 N–H and O–H groups in total. The van der Waals surface area contributed by atoms with Crippen molar-refractivity contribution in [2.45, 2.75) is 31.7 Å². The molecule has 1 aliphatic heterocycles. The van der Waals surface area contributed by atoms with Gasteiger partial charge in [0.25, 0.3) is 5.91 Å². The van der Waals surface area contributed by atoms with Crippen molar-refractivity contribution >= 4 is 5.91 Å². The summed E-state index contributed by atoms with van der Waals surface area (Å²) in [6.07, 6.45) is 9.86. The number of pyridine rings is 1. The van der Waals surface area contributed by atoms with E-state index in [1.807, 2.05) is 29.2 Å². The molecule has 4 nitrogen and oxygen atoms in total. The summed E-state index contributed by atoms with van der Waals surface area (Å²) < 4.78 is 0. The lowest BCUT2D eigenvalue weighted by atomic mass is 10.0. The summed E-state index contributed by atoms with van der Waals surface area (Å²) in [6.45, 7) is 0.824. The van der Waals surface area contributed by atoms with Gasteiger partial charge in [-0.2, -0.15) is 0 Å². The Bertz CT molecular complexity index is 550. The Morgan fingerprint density at radius 1 is 1.20 bits per heavy atom. The summed E-state index contributed by atoms with van der Waals surface area (Å²) in [5, 5.41) is 0. The van der Waals surface area contributed by atoms with E-state index in [1.165, 1.54) is 18.4 Å². The molecule has 0 saturated carbocycles. The van der Waals surface area contributed by atoms with Gasteiger partial charge in [0.1, 0.15) is 5.69 Å². The van der Waals surface area contributed by atoms with Crippen LogP contribution in [0.5, 0.6) is 0 Å². The monoisotopic (exact) mass is 269 g/mol. The Morgan fingerprint density at radius 3 is 2.80 bits per heavy atom. The van der Waals surface area contributed by atoms with Crippen LogP contribution in [0.15, 0.2) is 42.9 Å². The summed E-state index contributed by atoms with van der Waals surface area (Å²) >= 11 is 0. The van der Waals surface area contributed by atoms with Crippen molar-refractivity contribution in [1.82, 2.24) is 14.9 Å². The third kappa shape index (κ3) is 2.59. The average molecular weight is 269 g/mol. The quantitative estimate of drug-likeness (QED) is 0.910. The van der Waals surface area contributed by atoms with Crippen molar-refractivity contribution in [3.8, 4) is 0 Å². The van der Waals surface area contributed by atoms with Crippen LogP contribution in [-0.4, -0.2) is 27.3 Å². The fourth-order valence-corrected chi connectivity index (χ4v) is 2.90. The van der Waals surface area contributed by atoms with Gasteiger partial charge in [0.05, 0.1) is 6.04 Å². The van der Waals surface area contributed by atoms with Gasteiger partial charge in [0.2, 0.25) is 0 Å². The second-order valence-electron chi connectivity index (χ2n) is 5.23. The second kappa shape index (κ2) is 5.90. The number of nitrogens with one attached hydrogen (secondary N) is 1. The van der Waals surface area contributed by atoms with Gasteiger partial charge in [-0.1, -0.05) is 12.8 Å². The maximum absolute atomic E-state index is 12.7. The highest BCUT2D eigenvalue weighted by Crippen LogP contribution is 2.30. The van der Waals surface area contributed by atoms with E-state index in [1.54, 1.807) is 18.6 Å². The lowest BCUT2D eigenvalue weighted by Gasteiger charge is -2.30. The number of hydrogen-bond acceptors (Lipinski definition) is 2. The number of likely N-dealkylation sites (tertiary alicyclic amines) is 1. The van der Waals surface area contributed by atoms with Crippen molar-refractivity contribution in [3.05, 3.63) is 54.1 Å². The first-order valence-corrected chi connectivity index (χ1v) is 7.20. The molecule has 104 valence electrons. The molecule has 20 heavy (non-hydrogen) atoms. The van der Waals surface area contributed by atoms with E-state index in [0.717, 1.165) is 19.4 Å². The number of carbonyl (C=O) groups is 1. The van der Waals surface area contributed by atoms with Crippen molar-refractivity contribution in [2.75, 3.05) is 6.54 Å². The zero-order valence-corrected chi connectivity index (χ0v) is 11.5. The Morgan fingerprint density at radius 2 is 2.05 bits per heavy atom. The van der Waals surface area contributed by atoms with Gasteiger partial charge in [-0.05, 0) is 42.7 Å². The van der Waals surface area contributed by atoms with E-state index in [9.17, 15) is 4.79 Å². The molecule has 0 aliphatic carbocycles. The lowest BCUT2D eigenvalue weighted by molar-refractivity contribution is 0.0675. The second-order valence-corrected chi connectivity index (χ2v) is 5.23. The van der Waals surface area contributed by atoms with E-state index < -0.39 is 0 Å². The van der Waals surface area contributed by atoms with Crippen LogP contribution < -0.4 is 0 Å². The van der Waals surface area contributed by atoms with Crippen LogP contribution >= 0.6 is 0 Å². The molecule has 0 bridgehead atoms. The van der Waals surface area contributed by atoms with E-state index >= 15 is 0 Å². The van der Waals surface area contributed by atoms with Crippen LogP contribution in [0.1, 0.15) is 47.8 Å². The van der Waals surface area contributed by atoms with Gasteiger partial charge in [-0.15, -0.1) is 0 Å². The number of aromatic nitrogens is 2. The normalized spacial score (nSPS) is 19.6. The lowest BCUT2D eigenvalue weighted by Crippen LogP contribution is -2.35. The number of nitrogens with zero attached hydrogens (tertiary/aromatic N) is 2. The topological polar surface area (TPSA) is 49.0 Å². The van der Waals surface area contributed by atoms with Crippen LogP contribution in [0.25, 0.3) is 0 Å². The van der Waals surface area contributed by atoms with Crippen LogP contribution in [0, 0.1) is 0 Å². The molecule has 2 aromatic rings. The average Bonchev–Trinajstić information content (AvgIpc) is 2.92. The zero-order valence-electron chi connectivity index (χ0n) is 11.5. The standard InChI is InChI=1S/C16H19N3O/c20-16(14-5-4-9-18-14)19-12-3-1-2-6-15(19)13-7-10-17-11-8-13/h4-5,7-11,15,18H,1-3,6,12H2. The summed E-state index contributed by atoms with van der Waals surface area (Å²) in [6, 6.07) is 7.91. The SMILES string of the molecule is O=C(c1ccc[nH]1)N1CCCCCC1c1ccncc1. The number of H-pyrrole nitrogens is 1. The highest BCUT2D eigenvalue weighted by atomic mass is 16.2. The molecule has 2 aromatic heterocycles. The Balaban J connectivity index is 1.90. The molecule has 1 saturated heterocycles. The van der Waals surface area contributed by atoms with Crippen LogP contribution in [-0.2, 0) is 0 Å². The number of rotatable bonds is 2. The predicted octanol–water partition coefficient (Wildman–Crippen LogP) is 3.17. The Kier molecular flexibility index (Phi) is 3.81. The third-order valence-electron chi connectivity index (χ3n) is 3.93. The van der Waals surface area contributed by atoms with Crippen molar-refractivity contribution in [3.63, 3.8) is 0 Å². The van der Waals surface area contributed by atoms with Gasteiger partial charge in [-0.3, -0.25) is 9.78 Å². The van der Waals surface area contributed by atoms with Crippen LogP contribution in [0.4, 0.5) is 0 Å². The minimum Gasteiger partial charge on any atom is -0.357 e. The molecule has 1 fully saturated rings. The van der Waals surface area contributed by atoms with E-state index in [0.29, 0.717) is 5.69 Å². The summed E-state index contributed by atoms with van der Waals surface area (Å²) in [5.74, 6) is 0.0960. The van der Waals surface area contributed by atoms with Gasteiger partial charge in [0, 0.05) is 25.1 Å². The molecule has 0 radical (unpaired) electrons. The molecule has 0 spiro atoms. The molecule has 1 amide bonds. The molecule has 4 heteroatoms. The molecular formula is C16H19N3O. The fraction of sp³-hybridized carbons (Fsp3) is 0.375. The molecular weight excluding hydrogens is 250 g/mol. The number of aromatic amines is 1. The third-order valence-corrected chi connectivity index (χ3v) is 3.93. The van der Waals surface area contributed by atoms with Crippen molar-refractivity contribution < 1.29 is 4.79 Å². The largest absolute Gasteiger partial charge is 0.357 e. The molecule has 3 rings (SSSR count). The highest BCUT2D eigenvalue weighted by molar-refractivity contribution is 5.92. The number of hydrogen-bond donors (Lipinski definition) is 1. The molecule has 0 aromatic carbocycles. The van der Waals surface area contributed by atoms with E-state index in [-0.39, 0.29) is 11.9 Å². The predicted molar refractivity (Wildman–Crippen MR) is 77.3 cm³/mol. The van der Waals surface area contributed by atoms with Gasteiger partial charge in [-0.25, -0.2) is 0 Å². The summed E-state index contributed by atoms with van der Waals surface area (Å²) in [4.78, 5) is 21.8. The highest BCUT2D eigenvalue weighted by Gasteiger charge is 2.27. The minimum absolute atomic E-state index is 0.0960. The van der Waals surface area contributed by atoms with Gasteiger partial charge < -0.3 is 9.88 Å².